The summed E-state index contributed by atoms with van der Waals surface area (Å²) in [6.45, 7) is 11.1. The fraction of sp³-hybridized carbons (Fsp3) is 0.512. The van der Waals surface area contributed by atoms with Crippen LogP contribution in [0.2, 0.25) is 0 Å². The van der Waals surface area contributed by atoms with Gasteiger partial charge in [-0.1, -0.05) is 0 Å². The van der Waals surface area contributed by atoms with Crippen molar-refractivity contribution in [3.8, 4) is 5.75 Å². The summed E-state index contributed by atoms with van der Waals surface area (Å²) >= 11 is 0. The number of ketones is 2. The number of hydrogen-bond acceptors (Lipinski definition) is 11. The van der Waals surface area contributed by atoms with Gasteiger partial charge in [-0.3, -0.25) is 9.59 Å². The Kier molecular flexibility index (Phi) is 13.0. The van der Waals surface area contributed by atoms with Gasteiger partial charge in [0.15, 0.2) is 11.6 Å². The van der Waals surface area contributed by atoms with Crippen molar-refractivity contribution in [3.05, 3.63) is 75.9 Å². The van der Waals surface area contributed by atoms with Crippen LogP contribution in [0.5, 0.6) is 5.75 Å². The van der Waals surface area contributed by atoms with Crippen molar-refractivity contribution in [2.24, 2.45) is 5.92 Å². The minimum Gasteiger partial charge on any atom is -0.486 e. The lowest BCUT2D eigenvalue weighted by atomic mass is 9.89. The second-order valence-electron chi connectivity index (χ2n) is 17.0. The van der Waals surface area contributed by atoms with Crippen LogP contribution in [-0.2, 0) is 41.1 Å². The molecule has 2 aromatic carbocycles. The highest BCUT2D eigenvalue weighted by molar-refractivity contribution is 6.01. The largest absolute Gasteiger partial charge is 0.486 e. The lowest BCUT2D eigenvalue weighted by molar-refractivity contribution is -0.138. The molecule has 2 aliphatic rings. The van der Waals surface area contributed by atoms with Gasteiger partial charge in [0.1, 0.15) is 40.8 Å². The molecule has 5 rings (SSSR count). The molecule has 0 saturated carbocycles. The highest BCUT2D eigenvalue weighted by Gasteiger charge is 2.37. The van der Waals surface area contributed by atoms with Crippen LogP contribution in [0.1, 0.15) is 103 Å². The molecule has 0 aliphatic carbocycles. The summed E-state index contributed by atoms with van der Waals surface area (Å²) < 4.78 is 100. The molecule has 60 heavy (non-hydrogen) atoms. The third-order valence-electron chi connectivity index (χ3n) is 9.68. The molecule has 0 spiro atoms. The van der Waals surface area contributed by atoms with Crippen LogP contribution in [0.25, 0.3) is 0 Å². The van der Waals surface area contributed by atoms with Gasteiger partial charge >= 0.3 is 24.5 Å². The SMILES string of the molecule is CC(C)(C)OC(=O)N1CC[C@@H](Cc2c(N)cc(C(F)(F)F)cc2CC(=O)c2cc(C(=O)Cc3cc(C(F)(F)F)cc(N)c3O[C@@H]3CCN(C(=O)OC(C)(C)C)C3)ncn2)C1. The van der Waals surface area contributed by atoms with Crippen molar-refractivity contribution in [3.63, 3.8) is 0 Å². The molecular weight excluding hydrogens is 802 g/mol. The third-order valence-corrected chi connectivity index (χ3v) is 9.68. The van der Waals surface area contributed by atoms with Crippen molar-refractivity contribution in [1.82, 2.24) is 19.8 Å². The van der Waals surface area contributed by atoms with Gasteiger partial charge < -0.3 is 35.5 Å². The first kappa shape index (κ1) is 45.5. The van der Waals surface area contributed by atoms with Gasteiger partial charge in [0.2, 0.25) is 0 Å². The van der Waals surface area contributed by atoms with Crippen molar-refractivity contribution in [2.45, 2.75) is 103 Å². The van der Waals surface area contributed by atoms with E-state index in [0.29, 0.717) is 25.1 Å². The molecule has 0 bridgehead atoms. The number of carbonyl (C=O) groups excluding carboxylic acids is 4. The van der Waals surface area contributed by atoms with Gasteiger partial charge in [0, 0.05) is 50.1 Å². The van der Waals surface area contributed by atoms with E-state index < -0.39 is 83.1 Å². The van der Waals surface area contributed by atoms with E-state index >= 15 is 0 Å². The molecule has 2 fully saturated rings. The average Bonchev–Trinajstić information content (AvgIpc) is 3.79. The molecule has 2 saturated heterocycles. The van der Waals surface area contributed by atoms with Crippen LogP contribution in [0.3, 0.4) is 0 Å². The molecule has 3 heterocycles. The van der Waals surface area contributed by atoms with Crippen molar-refractivity contribution < 1.29 is 59.7 Å². The number of nitrogen functional groups attached to an aromatic ring is 2. The number of likely N-dealkylation sites (tertiary alicyclic amines) is 2. The molecule has 326 valence electrons. The van der Waals surface area contributed by atoms with Gasteiger partial charge in [-0.2, -0.15) is 26.3 Å². The highest BCUT2D eigenvalue weighted by Crippen LogP contribution is 2.39. The molecule has 2 atom stereocenters. The lowest BCUT2D eigenvalue weighted by Crippen LogP contribution is -2.36. The molecule has 1 aromatic heterocycles. The zero-order valence-corrected chi connectivity index (χ0v) is 34.1. The number of rotatable bonds is 10. The molecule has 4 N–H and O–H groups in total. The van der Waals surface area contributed by atoms with Gasteiger partial charge in [-0.05, 0) is 102 Å². The Morgan fingerprint density at radius 3 is 1.70 bits per heavy atom. The Balaban J connectivity index is 1.37. The number of anilines is 2. The Bertz CT molecular complexity index is 1990. The van der Waals surface area contributed by atoms with Crippen LogP contribution >= 0.6 is 0 Å². The zero-order chi connectivity index (χ0) is 44.5. The lowest BCUT2D eigenvalue weighted by Gasteiger charge is -2.24. The summed E-state index contributed by atoms with van der Waals surface area (Å²) in [7, 11) is 0. The predicted octanol–water partition coefficient (Wildman–Crippen LogP) is 7.72. The monoisotopic (exact) mass is 850 g/mol. The molecule has 0 unspecified atom stereocenters. The summed E-state index contributed by atoms with van der Waals surface area (Å²) in [5, 5.41) is 0. The van der Waals surface area contributed by atoms with Crippen LogP contribution < -0.4 is 16.2 Å². The maximum atomic E-state index is 13.9. The second kappa shape index (κ2) is 17.2. The first-order valence-electron chi connectivity index (χ1n) is 19.2. The number of ether oxygens (including phenoxy) is 3. The summed E-state index contributed by atoms with van der Waals surface area (Å²) in [6, 6.07) is 4.00. The zero-order valence-electron chi connectivity index (χ0n) is 34.1. The minimum atomic E-state index is -4.85. The van der Waals surface area contributed by atoms with Crippen LogP contribution in [-0.4, -0.2) is 87.0 Å². The van der Waals surface area contributed by atoms with Crippen molar-refractivity contribution >= 4 is 35.1 Å². The van der Waals surface area contributed by atoms with E-state index in [-0.39, 0.29) is 77.9 Å². The predicted molar refractivity (Wildman–Crippen MR) is 206 cm³/mol. The van der Waals surface area contributed by atoms with E-state index in [1.54, 1.807) is 41.5 Å². The van der Waals surface area contributed by atoms with E-state index in [1.807, 2.05) is 0 Å². The molecule has 3 aromatic rings. The molecule has 13 nitrogen and oxygen atoms in total. The third kappa shape index (κ3) is 11.8. The number of nitrogens with two attached hydrogens (primary N) is 2. The average molecular weight is 851 g/mol. The molecule has 2 aliphatic heterocycles. The normalized spacial score (nSPS) is 17.5. The number of amides is 2. The Labute approximate surface area is 342 Å². The standard InChI is InChI=1S/C41H48F6N6O7/c1-38(2,3)59-36(56)52-9-7-22(19-52)11-28-23(12-25(16-29(28)48)40(42,43)44)14-33(54)31-18-32(51-21-50-31)34(55)15-24-13-26(41(45,46)47)17-30(49)35(24)58-27-8-10-53(20-27)37(57)60-39(4,5)6/h12-13,16-18,21-22,27H,7-11,14-15,19-20,48-49H2,1-6H3/t22-,27+/m0/s1. The van der Waals surface area contributed by atoms with E-state index in [4.69, 9.17) is 25.7 Å². The van der Waals surface area contributed by atoms with Crippen LogP contribution in [0.15, 0.2) is 36.7 Å². The molecule has 19 heteroatoms. The summed E-state index contributed by atoms with van der Waals surface area (Å²) in [6.07, 6.45) is -11.0. The number of alkyl halides is 6. The molecule has 0 radical (unpaired) electrons. The van der Waals surface area contributed by atoms with E-state index in [0.717, 1.165) is 24.5 Å². The fourth-order valence-corrected chi connectivity index (χ4v) is 6.93. The fourth-order valence-electron chi connectivity index (χ4n) is 6.93. The first-order valence-corrected chi connectivity index (χ1v) is 19.2. The first-order chi connectivity index (χ1) is 27.7. The van der Waals surface area contributed by atoms with Gasteiger partial charge in [-0.15, -0.1) is 0 Å². The van der Waals surface area contributed by atoms with E-state index in [1.165, 1.54) is 9.80 Å². The highest BCUT2D eigenvalue weighted by atomic mass is 19.4. The summed E-state index contributed by atoms with van der Waals surface area (Å²) in [4.78, 5) is 63.3. The number of carbonyl (C=O) groups is 4. The van der Waals surface area contributed by atoms with Crippen molar-refractivity contribution in [2.75, 3.05) is 37.6 Å². The number of hydrogen-bond donors (Lipinski definition) is 2. The van der Waals surface area contributed by atoms with Crippen molar-refractivity contribution in [1.29, 1.82) is 0 Å². The van der Waals surface area contributed by atoms with Crippen LogP contribution in [0, 0.1) is 5.92 Å². The quantitative estimate of drug-likeness (QED) is 0.116. The maximum absolute atomic E-state index is 13.9. The number of Topliss-reactive ketones (excluding diaryl/α,β-unsaturated/α-hetero) is 2. The van der Waals surface area contributed by atoms with Gasteiger partial charge in [0.05, 0.1) is 23.4 Å². The van der Waals surface area contributed by atoms with Gasteiger partial charge in [0.25, 0.3) is 0 Å². The minimum absolute atomic E-state index is 0.0323. The molecular formula is C41H48F6N6O7. The molecule has 2 amide bonds. The Morgan fingerprint density at radius 2 is 1.17 bits per heavy atom. The van der Waals surface area contributed by atoms with Crippen LogP contribution in [0.4, 0.5) is 47.3 Å². The number of aromatic nitrogens is 2. The number of halogens is 6. The Hall–Kier alpha value is -5.62. The maximum Gasteiger partial charge on any atom is 0.416 e. The Morgan fingerprint density at radius 1 is 0.683 bits per heavy atom. The second-order valence-corrected chi connectivity index (χ2v) is 17.0. The summed E-state index contributed by atoms with van der Waals surface area (Å²) in [5.74, 6) is -2.07. The number of nitrogens with zero attached hydrogens (tertiary/aromatic N) is 4. The topological polar surface area (TPSA) is 180 Å². The van der Waals surface area contributed by atoms with E-state index in [9.17, 15) is 45.5 Å². The van der Waals surface area contributed by atoms with Gasteiger partial charge in [-0.25, -0.2) is 19.6 Å². The van der Waals surface area contributed by atoms with E-state index in [2.05, 4.69) is 9.97 Å². The smallest absolute Gasteiger partial charge is 0.416 e. The summed E-state index contributed by atoms with van der Waals surface area (Å²) in [5.41, 5.74) is 7.18. The number of benzene rings is 2.